The molecule has 0 aromatic carbocycles. The molecule has 0 saturated heterocycles. The van der Waals surface area contributed by atoms with Crippen LogP contribution in [-0.2, 0) is 7.05 Å². The van der Waals surface area contributed by atoms with Gasteiger partial charge < -0.3 is 5.32 Å². The molecule has 0 fully saturated rings. The van der Waals surface area contributed by atoms with Gasteiger partial charge in [0.25, 0.3) is 0 Å². The maximum atomic E-state index is 5.78. The van der Waals surface area contributed by atoms with Crippen LogP contribution in [0.1, 0.15) is 0 Å². The second kappa shape index (κ2) is 4.20. The summed E-state index contributed by atoms with van der Waals surface area (Å²) in [5, 5.41) is 7.84. The van der Waals surface area contributed by atoms with E-state index in [0.29, 0.717) is 10.8 Å². The summed E-state index contributed by atoms with van der Waals surface area (Å²) < 4.78 is 2.52. The van der Waals surface area contributed by atoms with Gasteiger partial charge in [0.1, 0.15) is 5.82 Å². The molecule has 0 radical (unpaired) electrons. The van der Waals surface area contributed by atoms with Crippen molar-refractivity contribution in [3.8, 4) is 0 Å². The lowest BCUT2D eigenvalue weighted by Crippen LogP contribution is -1.96. The highest BCUT2D eigenvalue weighted by Crippen LogP contribution is 2.25. The van der Waals surface area contributed by atoms with Crippen LogP contribution in [0.5, 0.6) is 0 Å². The van der Waals surface area contributed by atoms with Crippen molar-refractivity contribution >= 4 is 39.2 Å². The van der Waals surface area contributed by atoms with Crippen molar-refractivity contribution in [2.24, 2.45) is 7.05 Å². The predicted molar refractivity (Wildman–Crippen MR) is 63.4 cm³/mol. The number of anilines is 2. The summed E-state index contributed by atoms with van der Waals surface area (Å²) in [5.74, 6) is 1.44. The van der Waals surface area contributed by atoms with Gasteiger partial charge in [0.05, 0.1) is 9.50 Å². The molecule has 0 atom stereocenters. The summed E-state index contributed by atoms with van der Waals surface area (Å²) in [7, 11) is 1.86. The smallest absolute Gasteiger partial charge is 0.153 e. The molecule has 6 heteroatoms. The van der Waals surface area contributed by atoms with E-state index in [0.717, 1.165) is 10.3 Å². The highest BCUT2D eigenvalue weighted by molar-refractivity contribution is 9.10. The Labute approximate surface area is 100 Å². The zero-order valence-electron chi connectivity index (χ0n) is 7.91. The third-order valence-corrected chi connectivity index (χ3v) is 2.58. The van der Waals surface area contributed by atoms with E-state index in [4.69, 9.17) is 11.6 Å². The highest BCUT2D eigenvalue weighted by atomic mass is 79.9. The molecule has 1 N–H and O–H groups in total. The molecule has 0 bridgehead atoms. The average molecular weight is 288 g/mol. The molecule has 78 valence electrons. The molecule has 0 aliphatic carbocycles. The van der Waals surface area contributed by atoms with Gasteiger partial charge in [-0.3, -0.25) is 4.68 Å². The fraction of sp³-hybridized carbons (Fsp3) is 0.111. The Morgan fingerprint density at radius 2 is 2.33 bits per heavy atom. The Bertz CT molecular complexity index is 483. The summed E-state index contributed by atoms with van der Waals surface area (Å²) >= 11 is 9.15. The van der Waals surface area contributed by atoms with E-state index in [-0.39, 0.29) is 0 Å². The Hall–Kier alpha value is -1.07. The third-order valence-electron chi connectivity index (χ3n) is 1.77. The van der Waals surface area contributed by atoms with Crippen molar-refractivity contribution in [2.45, 2.75) is 0 Å². The number of hydrogen-bond acceptors (Lipinski definition) is 3. The van der Waals surface area contributed by atoms with Gasteiger partial charge in [0.2, 0.25) is 0 Å². The first-order chi connectivity index (χ1) is 7.15. The molecule has 2 aromatic rings. The average Bonchev–Trinajstić information content (AvgIpc) is 2.56. The molecule has 15 heavy (non-hydrogen) atoms. The van der Waals surface area contributed by atoms with E-state index in [1.165, 1.54) is 0 Å². The summed E-state index contributed by atoms with van der Waals surface area (Å²) in [6, 6.07) is 3.64. The van der Waals surface area contributed by atoms with E-state index in [9.17, 15) is 0 Å². The number of halogens is 2. The van der Waals surface area contributed by atoms with E-state index in [2.05, 4.69) is 31.3 Å². The van der Waals surface area contributed by atoms with Crippen LogP contribution in [0.2, 0.25) is 5.02 Å². The molecule has 4 nitrogen and oxygen atoms in total. The van der Waals surface area contributed by atoms with Gasteiger partial charge in [0, 0.05) is 25.5 Å². The standard InChI is InChI=1S/C9H8BrClN4/c1-15-3-2-8(14-15)13-9-7(10)4-6(11)5-12-9/h2-5H,1H3,(H,12,13,14). The summed E-state index contributed by atoms with van der Waals surface area (Å²) in [4.78, 5) is 4.14. The van der Waals surface area contributed by atoms with Crippen LogP contribution in [0, 0.1) is 0 Å². The number of pyridine rings is 1. The lowest BCUT2D eigenvalue weighted by atomic mass is 10.4. The molecule has 0 unspecified atom stereocenters. The summed E-state index contributed by atoms with van der Waals surface area (Å²) in [6.07, 6.45) is 3.43. The molecular weight excluding hydrogens is 279 g/mol. The number of nitrogens with zero attached hydrogens (tertiary/aromatic N) is 3. The maximum absolute atomic E-state index is 5.78. The number of hydrogen-bond donors (Lipinski definition) is 1. The minimum Gasteiger partial charge on any atom is -0.323 e. The van der Waals surface area contributed by atoms with E-state index >= 15 is 0 Å². The summed E-state index contributed by atoms with van der Waals surface area (Å²) in [6.45, 7) is 0. The van der Waals surface area contributed by atoms with Gasteiger partial charge >= 0.3 is 0 Å². The maximum Gasteiger partial charge on any atom is 0.153 e. The van der Waals surface area contributed by atoms with Crippen LogP contribution in [0.3, 0.4) is 0 Å². The molecule has 0 aliphatic heterocycles. The number of nitrogens with one attached hydrogen (secondary N) is 1. The van der Waals surface area contributed by atoms with Gasteiger partial charge in [-0.05, 0) is 22.0 Å². The normalized spacial score (nSPS) is 10.3. The number of aryl methyl sites for hydroxylation is 1. The first-order valence-corrected chi connectivity index (χ1v) is 5.40. The van der Waals surface area contributed by atoms with Crippen molar-refractivity contribution in [2.75, 3.05) is 5.32 Å². The largest absolute Gasteiger partial charge is 0.323 e. The molecular formula is C9H8BrClN4. The zero-order chi connectivity index (χ0) is 10.8. The Balaban J connectivity index is 2.24. The highest BCUT2D eigenvalue weighted by Gasteiger charge is 2.04. The fourth-order valence-corrected chi connectivity index (χ4v) is 1.85. The number of rotatable bonds is 2. The van der Waals surface area contributed by atoms with Crippen molar-refractivity contribution in [1.82, 2.24) is 14.8 Å². The Morgan fingerprint density at radius 3 is 2.93 bits per heavy atom. The van der Waals surface area contributed by atoms with E-state index in [1.807, 2.05) is 19.3 Å². The third kappa shape index (κ3) is 2.49. The van der Waals surface area contributed by atoms with Gasteiger partial charge in [-0.15, -0.1) is 0 Å². The molecule has 2 rings (SSSR count). The molecule has 0 saturated carbocycles. The minimum absolute atomic E-state index is 0.591. The fourth-order valence-electron chi connectivity index (χ4n) is 1.11. The van der Waals surface area contributed by atoms with Crippen LogP contribution in [0.25, 0.3) is 0 Å². The van der Waals surface area contributed by atoms with Gasteiger partial charge in [-0.1, -0.05) is 11.6 Å². The Morgan fingerprint density at radius 1 is 1.53 bits per heavy atom. The molecule has 2 aromatic heterocycles. The van der Waals surface area contributed by atoms with E-state index < -0.39 is 0 Å². The van der Waals surface area contributed by atoms with Gasteiger partial charge in [-0.2, -0.15) is 5.10 Å². The zero-order valence-corrected chi connectivity index (χ0v) is 10.2. The van der Waals surface area contributed by atoms with Crippen molar-refractivity contribution in [1.29, 1.82) is 0 Å². The van der Waals surface area contributed by atoms with Crippen molar-refractivity contribution < 1.29 is 0 Å². The van der Waals surface area contributed by atoms with Gasteiger partial charge in [-0.25, -0.2) is 4.98 Å². The minimum atomic E-state index is 0.591. The molecule has 0 spiro atoms. The van der Waals surface area contributed by atoms with Gasteiger partial charge in [0.15, 0.2) is 5.82 Å². The van der Waals surface area contributed by atoms with Crippen LogP contribution in [0.15, 0.2) is 29.0 Å². The molecule has 0 aliphatic rings. The van der Waals surface area contributed by atoms with Crippen LogP contribution in [-0.4, -0.2) is 14.8 Å². The summed E-state index contributed by atoms with van der Waals surface area (Å²) in [5.41, 5.74) is 0. The number of aromatic nitrogens is 3. The predicted octanol–water partition coefficient (Wildman–Crippen LogP) is 2.97. The van der Waals surface area contributed by atoms with Crippen molar-refractivity contribution in [3.63, 3.8) is 0 Å². The SMILES string of the molecule is Cn1ccc(Nc2ncc(Cl)cc2Br)n1. The van der Waals surface area contributed by atoms with Crippen molar-refractivity contribution in [3.05, 3.63) is 34.0 Å². The molecule has 2 heterocycles. The first kappa shape index (κ1) is 10.4. The monoisotopic (exact) mass is 286 g/mol. The second-order valence-electron chi connectivity index (χ2n) is 2.98. The topological polar surface area (TPSA) is 42.7 Å². The van der Waals surface area contributed by atoms with Crippen LogP contribution >= 0.6 is 27.5 Å². The quantitative estimate of drug-likeness (QED) is 0.923. The molecule has 0 amide bonds. The van der Waals surface area contributed by atoms with Crippen LogP contribution in [0.4, 0.5) is 11.6 Å². The lowest BCUT2D eigenvalue weighted by molar-refractivity contribution is 0.771. The van der Waals surface area contributed by atoms with E-state index in [1.54, 1.807) is 16.9 Å². The lowest BCUT2D eigenvalue weighted by Gasteiger charge is -2.04. The van der Waals surface area contributed by atoms with Crippen LogP contribution < -0.4 is 5.32 Å². The second-order valence-corrected chi connectivity index (χ2v) is 4.27. The Kier molecular flexibility index (Phi) is 2.93. The first-order valence-electron chi connectivity index (χ1n) is 4.23.